The summed E-state index contributed by atoms with van der Waals surface area (Å²) in [5, 5.41) is 0. The summed E-state index contributed by atoms with van der Waals surface area (Å²) in [5.41, 5.74) is 7.68. The molecule has 16 heavy (non-hydrogen) atoms. The Kier molecular flexibility index (Phi) is 4.68. The zero-order valence-electron chi connectivity index (χ0n) is 9.54. The Labute approximate surface area is 94.4 Å². The van der Waals surface area contributed by atoms with Crippen LogP contribution in [0.4, 0.5) is 8.78 Å². The van der Waals surface area contributed by atoms with E-state index in [1.54, 1.807) is 6.07 Å². The van der Waals surface area contributed by atoms with E-state index < -0.39 is 13.0 Å². The van der Waals surface area contributed by atoms with Crippen LogP contribution in [-0.2, 0) is 6.42 Å². The van der Waals surface area contributed by atoms with Gasteiger partial charge in [0.1, 0.15) is 12.4 Å². The Hall–Kier alpha value is -1.16. The summed E-state index contributed by atoms with van der Waals surface area (Å²) >= 11 is 0. The van der Waals surface area contributed by atoms with Gasteiger partial charge < -0.3 is 10.5 Å². The van der Waals surface area contributed by atoms with Crippen molar-refractivity contribution in [1.29, 1.82) is 0 Å². The second-order valence-corrected chi connectivity index (χ2v) is 3.72. The molecule has 2 nitrogen and oxygen atoms in total. The minimum atomic E-state index is -2.47. The first-order valence-electron chi connectivity index (χ1n) is 5.34. The smallest absolute Gasteiger partial charge is 0.272 e. The molecule has 1 unspecified atom stereocenters. The van der Waals surface area contributed by atoms with Crippen LogP contribution < -0.4 is 10.5 Å². The van der Waals surface area contributed by atoms with Gasteiger partial charge in [-0.2, -0.15) is 0 Å². The van der Waals surface area contributed by atoms with Gasteiger partial charge in [0.2, 0.25) is 0 Å². The van der Waals surface area contributed by atoms with E-state index in [2.05, 4.69) is 0 Å². The molecule has 1 atom stereocenters. The van der Waals surface area contributed by atoms with Crippen LogP contribution in [0.1, 0.15) is 31.0 Å². The molecule has 0 amide bonds. The van der Waals surface area contributed by atoms with E-state index in [1.807, 2.05) is 26.0 Å². The SMILES string of the molecule is CCc1ccc(OCC(F)F)c(C(C)N)c1. The van der Waals surface area contributed by atoms with Crippen molar-refractivity contribution in [3.05, 3.63) is 29.3 Å². The lowest BCUT2D eigenvalue weighted by molar-refractivity contribution is 0.0812. The molecule has 0 fully saturated rings. The predicted octanol–water partition coefficient (Wildman–Crippen LogP) is 2.91. The van der Waals surface area contributed by atoms with E-state index in [9.17, 15) is 8.78 Å². The van der Waals surface area contributed by atoms with E-state index in [-0.39, 0.29) is 6.04 Å². The summed E-state index contributed by atoms with van der Waals surface area (Å²) in [7, 11) is 0. The van der Waals surface area contributed by atoms with E-state index in [1.165, 1.54) is 0 Å². The molecular formula is C12H17F2NO. The van der Waals surface area contributed by atoms with Crippen LogP contribution in [0.5, 0.6) is 5.75 Å². The molecule has 1 rings (SSSR count). The molecule has 4 heteroatoms. The van der Waals surface area contributed by atoms with Crippen molar-refractivity contribution in [1.82, 2.24) is 0 Å². The first-order chi connectivity index (χ1) is 7.54. The number of rotatable bonds is 5. The summed E-state index contributed by atoms with van der Waals surface area (Å²) in [6.45, 7) is 3.25. The highest BCUT2D eigenvalue weighted by Crippen LogP contribution is 2.25. The minimum Gasteiger partial charge on any atom is -0.487 e. The summed E-state index contributed by atoms with van der Waals surface area (Å²) in [6, 6.07) is 5.26. The molecular weight excluding hydrogens is 212 g/mol. The number of benzene rings is 1. The Bertz CT molecular complexity index is 340. The molecule has 0 heterocycles. The average molecular weight is 229 g/mol. The van der Waals surface area contributed by atoms with Gasteiger partial charge in [-0.15, -0.1) is 0 Å². The molecule has 0 aliphatic carbocycles. The molecule has 90 valence electrons. The maximum Gasteiger partial charge on any atom is 0.272 e. The summed E-state index contributed by atoms with van der Waals surface area (Å²) < 4.78 is 29.1. The number of hydrogen-bond acceptors (Lipinski definition) is 2. The average Bonchev–Trinajstić information content (AvgIpc) is 2.25. The van der Waals surface area contributed by atoms with Crippen molar-refractivity contribution in [3.63, 3.8) is 0 Å². The molecule has 0 spiro atoms. The standard InChI is InChI=1S/C12H17F2NO/c1-3-9-4-5-11(16-7-12(13)14)10(6-9)8(2)15/h4-6,8,12H,3,7,15H2,1-2H3. The van der Waals surface area contributed by atoms with Crippen LogP contribution in [0.2, 0.25) is 0 Å². The third-order valence-corrected chi connectivity index (χ3v) is 2.34. The predicted molar refractivity (Wildman–Crippen MR) is 59.9 cm³/mol. The number of aryl methyl sites for hydroxylation is 1. The van der Waals surface area contributed by atoms with Gasteiger partial charge in [-0.1, -0.05) is 19.1 Å². The largest absolute Gasteiger partial charge is 0.487 e. The molecule has 0 aliphatic heterocycles. The second kappa shape index (κ2) is 5.80. The van der Waals surface area contributed by atoms with E-state index in [0.717, 1.165) is 17.5 Å². The topological polar surface area (TPSA) is 35.2 Å². The number of halogens is 2. The quantitative estimate of drug-likeness (QED) is 0.842. The van der Waals surface area contributed by atoms with Crippen molar-refractivity contribution >= 4 is 0 Å². The van der Waals surface area contributed by atoms with Gasteiger partial charge in [-0.3, -0.25) is 0 Å². The van der Waals surface area contributed by atoms with Crippen LogP contribution in [-0.4, -0.2) is 13.0 Å². The van der Waals surface area contributed by atoms with Crippen LogP contribution >= 0.6 is 0 Å². The molecule has 0 saturated heterocycles. The molecule has 1 aromatic carbocycles. The zero-order valence-corrected chi connectivity index (χ0v) is 9.54. The van der Waals surface area contributed by atoms with E-state index in [0.29, 0.717) is 5.75 Å². The Morgan fingerprint density at radius 2 is 2.06 bits per heavy atom. The van der Waals surface area contributed by atoms with Gasteiger partial charge in [0.25, 0.3) is 6.43 Å². The highest BCUT2D eigenvalue weighted by molar-refractivity contribution is 5.39. The Morgan fingerprint density at radius 1 is 1.38 bits per heavy atom. The molecule has 0 saturated carbocycles. The van der Waals surface area contributed by atoms with Gasteiger partial charge in [-0.05, 0) is 25.0 Å². The number of hydrogen-bond donors (Lipinski definition) is 1. The highest BCUT2D eigenvalue weighted by atomic mass is 19.3. The highest BCUT2D eigenvalue weighted by Gasteiger charge is 2.11. The van der Waals surface area contributed by atoms with Gasteiger partial charge >= 0.3 is 0 Å². The number of ether oxygens (including phenoxy) is 1. The maximum absolute atomic E-state index is 12.0. The van der Waals surface area contributed by atoms with E-state index >= 15 is 0 Å². The normalized spacial score (nSPS) is 12.9. The van der Waals surface area contributed by atoms with Gasteiger partial charge in [0.05, 0.1) is 0 Å². The van der Waals surface area contributed by atoms with Crippen molar-refractivity contribution in [2.24, 2.45) is 5.73 Å². The monoisotopic (exact) mass is 229 g/mol. The third kappa shape index (κ3) is 3.45. The van der Waals surface area contributed by atoms with Gasteiger partial charge in [0, 0.05) is 11.6 Å². The Morgan fingerprint density at radius 3 is 2.56 bits per heavy atom. The summed E-state index contributed by atoms with van der Waals surface area (Å²) in [6.07, 6.45) is -1.58. The molecule has 0 aromatic heterocycles. The summed E-state index contributed by atoms with van der Waals surface area (Å²) in [5.74, 6) is 0.451. The molecule has 0 radical (unpaired) electrons. The van der Waals surface area contributed by atoms with Gasteiger partial charge in [-0.25, -0.2) is 8.78 Å². The summed E-state index contributed by atoms with van der Waals surface area (Å²) in [4.78, 5) is 0. The lowest BCUT2D eigenvalue weighted by atomic mass is 10.0. The van der Waals surface area contributed by atoms with Crippen LogP contribution in [0.25, 0.3) is 0 Å². The van der Waals surface area contributed by atoms with Gasteiger partial charge in [0.15, 0.2) is 0 Å². The van der Waals surface area contributed by atoms with E-state index in [4.69, 9.17) is 10.5 Å². The second-order valence-electron chi connectivity index (χ2n) is 3.72. The fraction of sp³-hybridized carbons (Fsp3) is 0.500. The Balaban J connectivity index is 2.89. The van der Waals surface area contributed by atoms with Crippen molar-refractivity contribution in [2.75, 3.05) is 6.61 Å². The molecule has 0 bridgehead atoms. The van der Waals surface area contributed by atoms with Crippen molar-refractivity contribution < 1.29 is 13.5 Å². The van der Waals surface area contributed by atoms with Crippen LogP contribution in [0.3, 0.4) is 0 Å². The lowest BCUT2D eigenvalue weighted by Crippen LogP contribution is -2.12. The van der Waals surface area contributed by atoms with Crippen molar-refractivity contribution in [3.8, 4) is 5.75 Å². The molecule has 1 aromatic rings. The first-order valence-corrected chi connectivity index (χ1v) is 5.34. The molecule has 0 aliphatic rings. The number of nitrogens with two attached hydrogens (primary N) is 1. The lowest BCUT2D eigenvalue weighted by Gasteiger charge is -2.15. The number of alkyl halides is 2. The zero-order chi connectivity index (χ0) is 12.1. The first kappa shape index (κ1) is 12.9. The maximum atomic E-state index is 12.0. The fourth-order valence-electron chi connectivity index (χ4n) is 1.46. The molecule has 2 N–H and O–H groups in total. The van der Waals surface area contributed by atoms with Crippen molar-refractivity contribution in [2.45, 2.75) is 32.7 Å². The van der Waals surface area contributed by atoms with Crippen LogP contribution in [0, 0.1) is 0 Å². The minimum absolute atomic E-state index is 0.223. The third-order valence-electron chi connectivity index (χ3n) is 2.34. The van der Waals surface area contributed by atoms with Crippen LogP contribution in [0.15, 0.2) is 18.2 Å². The fourth-order valence-corrected chi connectivity index (χ4v) is 1.46.